The van der Waals surface area contributed by atoms with E-state index in [2.05, 4.69) is 36.1 Å². The second-order valence-electron chi connectivity index (χ2n) is 4.24. The lowest BCUT2D eigenvalue weighted by Gasteiger charge is -2.21. The Morgan fingerprint density at radius 3 is 2.79 bits per heavy atom. The van der Waals surface area contributed by atoms with Crippen LogP contribution in [0.4, 0.5) is 5.82 Å². The Hall–Kier alpha value is -1.16. The molecule has 0 atom stereocenters. The Labute approximate surface area is 87.2 Å². The van der Waals surface area contributed by atoms with Crippen LogP contribution in [0.1, 0.15) is 20.8 Å². The van der Waals surface area contributed by atoms with Gasteiger partial charge in [-0.2, -0.15) is 0 Å². The molecular formula is C10H13N3S. The molecule has 0 saturated carbocycles. The fourth-order valence-corrected chi connectivity index (χ4v) is 1.98. The van der Waals surface area contributed by atoms with Crippen molar-refractivity contribution in [3.05, 3.63) is 17.8 Å². The smallest absolute Gasteiger partial charge is 0.138 e. The van der Waals surface area contributed by atoms with Crippen LogP contribution in [0.25, 0.3) is 10.2 Å². The highest BCUT2D eigenvalue weighted by Gasteiger charge is 2.12. The maximum absolute atomic E-state index is 4.25. The first-order valence-corrected chi connectivity index (χ1v) is 5.41. The average molecular weight is 207 g/mol. The molecule has 0 saturated heterocycles. The molecule has 0 amide bonds. The van der Waals surface area contributed by atoms with Crippen molar-refractivity contribution >= 4 is 27.4 Å². The molecule has 0 bridgehead atoms. The number of rotatable bonds is 1. The molecule has 4 heteroatoms. The average Bonchev–Trinajstić information content (AvgIpc) is 2.49. The summed E-state index contributed by atoms with van der Waals surface area (Å²) in [6.07, 6.45) is 1.60. The number of anilines is 1. The summed E-state index contributed by atoms with van der Waals surface area (Å²) < 4.78 is 0. The van der Waals surface area contributed by atoms with E-state index in [1.807, 2.05) is 11.4 Å². The van der Waals surface area contributed by atoms with Crippen LogP contribution in [-0.4, -0.2) is 15.5 Å². The molecule has 2 aromatic rings. The molecule has 0 aromatic carbocycles. The molecule has 2 heterocycles. The lowest BCUT2D eigenvalue weighted by Crippen LogP contribution is -2.26. The van der Waals surface area contributed by atoms with Crippen molar-refractivity contribution in [2.75, 3.05) is 5.32 Å². The second kappa shape index (κ2) is 3.20. The van der Waals surface area contributed by atoms with Crippen LogP contribution >= 0.6 is 11.3 Å². The van der Waals surface area contributed by atoms with Crippen molar-refractivity contribution in [1.82, 2.24) is 9.97 Å². The van der Waals surface area contributed by atoms with Gasteiger partial charge in [0.1, 0.15) is 17.0 Å². The number of thiophene rings is 1. The van der Waals surface area contributed by atoms with Crippen LogP contribution in [0.5, 0.6) is 0 Å². The number of nitrogens with one attached hydrogen (secondary N) is 1. The van der Waals surface area contributed by atoms with Gasteiger partial charge in [0.05, 0.1) is 5.39 Å². The molecule has 0 aliphatic carbocycles. The van der Waals surface area contributed by atoms with E-state index in [1.54, 1.807) is 17.7 Å². The van der Waals surface area contributed by atoms with Crippen LogP contribution in [0, 0.1) is 0 Å². The highest BCUT2D eigenvalue weighted by Crippen LogP contribution is 2.25. The summed E-state index contributed by atoms with van der Waals surface area (Å²) in [5, 5.41) is 6.50. The van der Waals surface area contributed by atoms with Crippen molar-refractivity contribution in [3.63, 3.8) is 0 Å². The second-order valence-corrected chi connectivity index (χ2v) is 5.13. The molecule has 0 unspecified atom stereocenters. The Bertz CT molecular complexity index is 442. The number of hydrogen-bond donors (Lipinski definition) is 1. The normalized spacial score (nSPS) is 11.9. The first-order chi connectivity index (χ1) is 6.56. The van der Waals surface area contributed by atoms with Gasteiger partial charge in [0.15, 0.2) is 0 Å². The fraction of sp³-hybridized carbons (Fsp3) is 0.400. The number of nitrogens with zero attached hydrogens (tertiary/aromatic N) is 2. The van der Waals surface area contributed by atoms with Crippen LogP contribution in [-0.2, 0) is 0 Å². The van der Waals surface area contributed by atoms with E-state index in [0.717, 1.165) is 16.0 Å². The Morgan fingerprint density at radius 2 is 2.07 bits per heavy atom. The van der Waals surface area contributed by atoms with Crippen molar-refractivity contribution in [2.24, 2.45) is 0 Å². The van der Waals surface area contributed by atoms with Gasteiger partial charge >= 0.3 is 0 Å². The molecule has 2 rings (SSSR count). The van der Waals surface area contributed by atoms with Crippen LogP contribution in [0.2, 0.25) is 0 Å². The number of hydrogen-bond acceptors (Lipinski definition) is 4. The van der Waals surface area contributed by atoms with Gasteiger partial charge in [0.2, 0.25) is 0 Å². The van der Waals surface area contributed by atoms with Gasteiger partial charge < -0.3 is 5.32 Å². The first kappa shape index (κ1) is 9.40. The Balaban J connectivity index is 2.46. The van der Waals surface area contributed by atoms with Gasteiger partial charge in [-0.15, -0.1) is 11.3 Å². The zero-order valence-corrected chi connectivity index (χ0v) is 9.35. The summed E-state index contributed by atoms with van der Waals surface area (Å²) in [4.78, 5) is 9.48. The predicted octanol–water partition coefficient (Wildman–Crippen LogP) is 2.90. The highest BCUT2D eigenvalue weighted by molar-refractivity contribution is 7.16. The molecule has 0 spiro atoms. The summed E-state index contributed by atoms with van der Waals surface area (Å²) in [5.41, 5.74) is 0.0310. The molecule has 0 aliphatic rings. The molecule has 3 nitrogen and oxygen atoms in total. The zero-order valence-electron chi connectivity index (χ0n) is 8.53. The van der Waals surface area contributed by atoms with Crippen molar-refractivity contribution in [3.8, 4) is 0 Å². The van der Waals surface area contributed by atoms with E-state index in [4.69, 9.17) is 0 Å². The minimum atomic E-state index is 0.0310. The Morgan fingerprint density at radius 1 is 1.29 bits per heavy atom. The van der Waals surface area contributed by atoms with E-state index in [-0.39, 0.29) is 5.54 Å². The molecule has 1 N–H and O–H groups in total. The maximum atomic E-state index is 4.25. The highest BCUT2D eigenvalue weighted by atomic mass is 32.1. The third kappa shape index (κ3) is 1.85. The van der Waals surface area contributed by atoms with Gasteiger partial charge in [0, 0.05) is 5.54 Å². The standard InChI is InChI=1S/C10H13N3S/c1-10(2,3)13-8-7-4-5-14-9(7)12-6-11-8/h4-6H,1-3H3,(H,11,12,13). The summed E-state index contributed by atoms with van der Waals surface area (Å²) in [6, 6.07) is 2.05. The van der Waals surface area contributed by atoms with Crippen LogP contribution < -0.4 is 5.32 Å². The first-order valence-electron chi connectivity index (χ1n) is 4.53. The summed E-state index contributed by atoms with van der Waals surface area (Å²) in [7, 11) is 0. The molecular weight excluding hydrogens is 194 g/mol. The molecule has 14 heavy (non-hydrogen) atoms. The third-order valence-electron chi connectivity index (χ3n) is 1.76. The third-order valence-corrected chi connectivity index (χ3v) is 2.58. The largest absolute Gasteiger partial charge is 0.365 e. The quantitative estimate of drug-likeness (QED) is 0.781. The SMILES string of the molecule is CC(C)(C)Nc1ncnc2sccc12. The minimum Gasteiger partial charge on any atom is -0.365 e. The minimum absolute atomic E-state index is 0.0310. The molecule has 0 aliphatic heterocycles. The predicted molar refractivity (Wildman–Crippen MR) is 60.8 cm³/mol. The topological polar surface area (TPSA) is 37.8 Å². The van der Waals surface area contributed by atoms with E-state index in [9.17, 15) is 0 Å². The van der Waals surface area contributed by atoms with Crippen LogP contribution in [0.15, 0.2) is 17.8 Å². The Kier molecular flexibility index (Phi) is 2.15. The molecule has 0 fully saturated rings. The van der Waals surface area contributed by atoms with Gasteiger partial charge in [0.25, 0.3) is 0 Å². The monoisotopic (exact) mass is 207 g/mol. The zero-order chi connectivity index (χ0) is 10.2. The number of aromatic nitrogens is 2. The summed E-state index contributed by atoms with van der Waals surface area (Å²) in [5.74, 6) is 0.920. The van der Waals surface area contributed by atoms with Gasteiger partial charge in [-0.05, 0) is 32.2 Å². The number of fused-ring (bicyclic) bond motifs is 1. The molecule has 74 valence electrons. The van der Waals surface area contributed by atoms with Crippen LogP contribution in [0.3, 0.4) is 0 Å². The molecule has 2 aromatic heterocycles. The van der Waals surface area contributed by atoms with E-state index >= 15 is 0 Å². The summed E-state index contributed by atoms with van der Waals surface area (Å²) >= 11 is 1.64. The van der Waals surface area contributed by atoms with E-state index in [1.165, 1.54) is 0 Å². The van der Waals surface area contributed by atoms with Crippen molar-refractivity contribution in [1.29, 1.82) is 0 Å². The fourth-order valence-electron chi connectivity index (χ4n) is 1.24. The summed E-state index contributed by atoms with van der Waals surface area (Å²) in [6.45, 7) is 6.36. The van der Waals surface area contributed by atoms with Crippen molar-refractivity contribution in [2.45, 2.75) is 26.3 Å². The van der Waals surface area contributed by atoms with Gasteiger partial charge in [-0.25, -0.2) is 9.97 Å². The molecule has 0 radical (unpaired) electrons. The van der Waals surface area contributed by atoms with Crippen molar-refractivity contribution < 1.29 is 0 Å². The van der Waals surface area contributed by atoms with Gasteiger partial charge in [-0.3, -0.25) is 0 Å². The lowest BCUT2D eigenvalue weighted by molar-refractivity contribution is 0.631. The van der Waals surface area contributed by atoms with E-state index < -0.39 is 0 Å². The van der Waals surface area contributed by atoms with E-state index in [0.29, 0.717) is 0 Å². The maximum Gasteiger partial charge on any atom is 0.138 e. The van der Waals surface area contributed by atoms with Gasteiger partial charge in [-0.1, -0.05) is 0 Å². The lowest BCUT2D eigenvalue weighted by atomic mass is 10.1.